The predicted octanol–water partition coefficient (Wildman–Crippen LogP) is 1.95. The Bertz CT molecular complexity index is 669. The van der Waals surface area contributed by atoms with Gasteiger partial charge in [-0.05, 0) is 36.8 Å². The number of aryl methyl sites for hydroxylation is 1. The summed E-state index contributed by atoms with van der Waals surface area (Å²) in [5.74, 6) is -2.06. The van der Waals surface area contributed by atoms with Crippen LogP contribution in [0.4, 0.5) is 4.39 Å². The number of aromatic nitrogens is 1. The molecule has 0 aliphatic carbocycles. The molecule has 1 heterocycles. The molecule has 0 saturated heterocycles. The van der Waals surface area contributed by atoms with Gasteiger partial charge in [0.15, 0.2) is 0 Å². The molecule has 0 spiro atoms. The topological polar surface area (TPSA) is 79.3 Å². The van der Waals surface area contributed by atoms with Crippen LogP contribution < -0.4 is 5.32 Å². The standard InChI is InChI=1S/C16H15FN2O3/c1-10-2-5-12(9-18-10)15(20)19-14(16(21)22)8-11-3-6-13(17)7-4-11/h2-7,9,14H,8H2,1H3,(H,19,20)(H,21,22). The summed E-state index contributed by atoms with van der Waals surface area (Å²) in [5, 5.41) is 11.7. The van der Waals surface area contributed by atoms with Crippen LogP contribution in [-0.2, 0) is 11.2 Å². The normalized spacial score (nSPS) is 11.7. The summed E-state index contributed by atoms with van der Waals surface area (Å²) in [6.45, 7) is 1.79. The highest BCUT2D eigenvalue weighted by molar-refractivity contribution is 5.96. The number of halogens is 1. The van der Waals surface area contributed by atoms with Crippen LogP contribution in [0.1, 0.15) is 21.6 Å². The van der Waals surface area contributed by atoms with E-state index in [0.29, 0.717) is 5.56 Å². The molecule has 5 nitrogen and oxygen atoms in total. The molecule has 0 radical (unpaired) electrons. The summed E-state index contributed by atoms with van der Waals surface area (Å²) in [7, 11) is 0. The van der Waals surface area contributed by atoms with Crippen LogP contribution in [-0.4, -0.2) is 28.0 Å². The summed E-state index contributed by atoms with van der Waals surface area (Å²) in [6.07, 6.45) is 1.46. The van der Waals surface area contributed by atoms with Gasteiger partial charge in [-0.2, -0.15) is 0 Å². The van der Waals surface area contributed by atoms with E-state index in [1.807, 2.05) is 0 Å². The van der Waals surface area contributed by atoms with E-state index in [2.05, 4.69) is 10.3 Å². The van der Waals surface area contributed by atoms with Crippen molar-refractivity contribution in [3.8, 4) is 0 Å². The lowest BCUT2D eigenvalue weighted by Gasteiger charge is -2.14. The number of hydrogen-bond acceptors (Lipinski definition) is 3. The average Bonchev–Trinajstić information content (AvgIpc) is 2.49. The highest BCUT2D eigenvalue weighted by atomic mass is 19.1. The van der Waals surface area contributed by atoms with Gasteiger partial charge in [0.25, 0.3) is 5.91 Å². The van der Waals surface area contributed by atoms with Crippen molar-refractivity contribution in [1.82, 2.24) is 10.3 Å². The van der Waals surface area contributed by atoms with Gasteiger partial charge in [0.1, 0.15) is 11.9 Å². The minimum Gasteiger partial charge on any atom is -0.480 e. The first-order valence-corrected chi connectivity index (χ1v) is 6.66. The summed E-state index contributed by atoms with van der Waals surface area (Å²) < 4.78 is 12.9. The van der Waals surface area contributed by atoms with E-state index in [1.165, 1.54) is 30.5 Å². The molecule has 2 rings (SSSR count). The fourth-order valence-electron chi connectivity index (χ4n) is 1.90. The fourth-order valence-corrected chi connectivity index (χ4v) is 1.90. The second-order valence-corrected chi connectivity index (χ2v) is 4.88. The number of benzene rings is 1. The highest BCUT2D eigenvalue weighted by Crippen LogP contribution is 2.07. The van der Waals surface area contributed by atoms with Gasteiger partial charge in [-0.15, -0.1) is 0 Å². The fraction of sp³-hybridized carbons (Fsp3) is 0.188. The van der Waals surface area contributed by atoms with Gasteiger partial charge in [-0.1, -0.05) is 12.1 Å². The van der Waals surface area contributed by atoms with E-state index in [4.69, 9.17) is 0 Å². The zero-order chi connectivity index (χ0) is 16.1. The first-order chi connectivity index (χ1) is 10.5. The molecular weight excluding hydrogens is 287 g/mol. The second kappa shape index (κ2) is 6.80. The van der Waals surface area contributed by atoms with Gasteiger partial charge in [0.2, 0.25) is 0 Å². The van der Waals surface area contributed by atoms with E-state index in [0.717, 1.165) is 5.69 Å². The van der Waals surface area contributed by atoms with Crippen LogP contribution in [0.25, 0.3) is 0 Å². The number of hydrogen-bond donors (Lipinski definition) is 2. The van der Waals surface area contributed by atoms with Crippen molar-refractivity contribution in [3.05, 3.63) is 65.2 Å². The Hall–Kier alpha value is -2.76. The molecule has 0 fully saturated rings. The number of nitrogens with one attached hydrogen (secondary N) is 1. The van der Waals surface area contributed by atoms with E-state index < -0.39 is 23.7 Å². The summed E-state index contributed by atoms with van der Waals surface area (Å²) in [5.41, 5.74) is 1.67. The van der Waals surface area contributed by atoms with Gasteiger partial charge < -0.3 is 10.4 Å². The Morgan fingerprint density at radius 1 is 1.23 bits per heavy atom. The van der Waals surface area contributed by atoms with Crippen LogP contribution in [0, 0.1) is 12.7 Å². The minimum absolute atomic E-state index is 0.0701. The van der Waals surface area contributed by atoms with Crippen molar-refractivity contribution in [3.63, 3.8) is 0 Å². The molecule has 1 aromatic heterocycles. The third-order valence-electron chi connectivity index (χ3n) is 3.13. The molecule has 1 amide bonds. The summed E-state index contributed by atoms with van der Waals surface area (Å²) in [4.78, 5) is 27.3. The van der Waals surface area contributed by atoms with Crippen LogP contribution >= 0.6 is 0 Å². The molecule has 0 saturated carbocycles. The molecule has 0 bridgehead atoms. The first-order valence-electron chi connectivity index (χ1n) is 6.66. The zero-order valence-corrected chi connectivity index (χ0v) is 11.9. The molecule has 1 aromatic carbocycles. The van der Waals surface area contributed by atoms with Gasteiger partial charge in [-0.25, -0.2) is 9.18 Å². The Labute approximate surface area is 126 Å². The third-order valence-corrected chi connectivity index (χ3v) is 3.13. The Morgan fingerprint density at radius 2 is 1.91 bits per heavy atom. The number of carbonyl (C=O) groups is 2. The SMILES string of the molecule is Cc1ccc(C(=O)NC(Cc2ccc(F)cc2)C(=O)O)cn1. The number of rotatable bonds is 5. The molecular formula is C16H15FN2O3. The minimum atomic E-state index is -1.15. The number of carboxylic acids is 1. The van der Waals surface area contributed by atoms with E-state index in [-0.39, 0.29) is 12.0 Å². The number of carbonyl (C=O) groups excluding carboxylic acids is 1. The zero-order valence-electron chi connectivity index (χ0n) is 11.9. The second-order valence-electron chi connectivity index (χ2n) is 4.88. The highest BCUT2D eigenvalue weighted by Gasteiger charge is 2.21. The van der Waals surface area contributed by atoms with Crippen molar-refractivity contribution in [2.75, 3.05) is 0 Å². The molecule has 22 heavy (non-hydrogen) atoms. The van der Waals surface area contributed by atoms with Crippen LogP contribution in [0.5, 0.6) is 0 Å². The number of amides is 1. The lowest BCUT2D eigenvalue weighted by atomic mass is 10.1. The smallest absolute Gasteiger partial charge is 0.326 e. The predicted molar refractivity (Wildman–Crippen MR) is 78.0 cm³/mol. The Morgan fingerprint density at radius 3 is 2.45 bits per heavy atom. The maximum Gasteiger partial charge on any atom is 0.326 e. The quantitative estimate of drug-likeness (QED) is 0.885. The van der Waals surface area contributed by atoms with Gasteiger partial charge in [-0.3, -0.25) is 9.78 Å². The van der Waals surface area contributed by atoms with Crippen molar-refractivity contribution in [2.24, 2.45) is 0 Å². The Kier molecular flexibility index (Phi) is 4.83. The molecule has 0 aliphatic heterocycles. The molecule has 1 unspecified atom stereocenters. The molecule has 1 atom stereocenters. The number of nitrogens with zero attached hydrogens (tertiary/aromatic N) is 1. The number of pyridine rings is 1. The summed E-state index contributed by atoms with van der Waals surface area (Å²) >= 11 is 0. The van der Waals surface area contributed by atoms with Crippen molar-refractivity contribution in [1.29, 1.82) is 0 Å². The van der Waals surface area contributed by atoms with Crippen molar-refractivity contribution >= 4 is 11.9 Å². The van der Waals surface area contributed by atoms with Gasteiger partial charge >= 0.3 is 5.97 Å². The molecule has 0 aliphatic rings. The maximum atomic E-state index is 12.9. The monoisotopic (exact) mass is 302 g/mol. The van der Waals surface area contributed by atoms with Gasteiger partial charge in [0.05, 0.1) is 5.56 Å². The van der Waals surface area contributed by atoms with E-state index >= 15 is 0 Å². The lowest BCUT2D eigenvalue weighted by molar-refractivity contribution is -0.139. The van der Waals surface area contributed by atoms with Crippen LogP contribution in [0.2, 0.25) is 0 Å². The molecule has 6 heteroatoms. The number of aliphatic carboxylic acids is 1. The van der Waals surface area contributed by atoms with Crippen molar-refractivity contribution in [2.45, 2.75) is 19.4 Å². The largest absolute Gasteiger partial charge is 0.480 e. The number of carboxylic acid groups (broad SMARTS) is 1. The van der Waals surface area contributed by atoms with E-state index in [1.54, 1.807) is 19.1 Å². The van der Waals surface area contributed by atoms with Gasteiger partial charge in [0, 0.05) is 18.3 Å². The average molecular weight is 302 g/mol. The molecule has 114 valence electrons. The first kappa shape index (κ1) is 15.6. The van der Waals surface area contributed by atoms with E-state index in [9.17, 15) is 19.1 Å². The lowest BCUT2D eigenvalue weighted by Crippen LogP contribution is -2.42. The molecule has 2 N–H and O–H groups in total. The Balaban J connectivity index is 2.08. The molecule has 2 aromatic rings. The van der Waals surface area contributed by atoms with Crippen LogP contribution in [0.15, 0.2) is 42.6 Å². The van der Waals surface area contributed by atoms with Crippen molar-refractivity contribution < 1.29 is 19.1 Å². The van der Waals surface area contributed by atoms with Crippen LogP contribution in [0.3, 0.4) is 0 Å². The summed E-state index contributed by atoms with van der Waals surface area (Å²) in [6, 6.07) is 7.63. The third kappa shape index (κ3) is 4.12. The maximum absolute atomic E-state index is 12.9.